The Balaban J connectivity index is 1.63. The highest BCUT2D eigenvalue weighted by Gasteiger charge is 2.21. The maximum absolute atomic E-state index is 12.2. The van der Waals surface area contributed by atoms with E-state index in [4.69, 9.17) is 0 Å². The van der Waals surface area contributed by atoms with Crippen molar-refractivity contribution in [2.24, 2.45) is 11.0 Å². The summed E-state index contributed by atoms with van der Waals surface area (Å²) in [5, 5.41) is 4.07. The van der Waals surface area contributed by atoms with Crippen LogP contribution in [0.3, 0.4) is 0 Å². The number of nitrogens with zero attached hydrogens (tertiary/aromatic N) is 1. The molecule has 1 atom stereocenters. The van der Waals surface area contributed by atoms with Gasteiger partial charge in [-0.05, 0) is 49.3 Å². The van der Waals surface area contributed by atoms with E-state index in [0.29, 0.717) is 0 Å². The fraction of sp³-hybridized carbons (Fsp3) is 0.368. The molecule has 0 radical (unpaired) electrons. The molecule has 23 heavy (non-hydrogen) atoms. The third-order valence-electron chi connectivity index (χ3n) is 4.44. The van der Waals surface area contributed by atoms with Crippen LogP contribution in [0.2, 0.25) is 0 Å². The molecule has 1 aromatic heterocycles. The highest BCUT2D eigenvalue weighted by atomic mass is 32.1. The number of hydrogen-bond acceptors (Lipinski definition) is 3. The van der Waals surface area contributed by atoms with Crippen molar-refractivity contribution in [2.75, 3.05) is 0 Å². The Morgan fingerprint density at radius 1 is 1.39 bits per heavy atom. The van der Waals surface area contributed by atoms with E-state index in [1.807, 2.05) is 31.2 Å². The van der Waals surface area contributed by atoms with Crippen LogP contribution < -0.4 is 5.43 Å². The second-order valence-corrected chi connectivity index (χ2v) is 7.32. The highest BCUT2D eigenvalue weighted by molar-refractivity contribution is 7.14. The van der Waals surface area contributed by atoms with Crippen LogP contribution in [-0.2, 0) is 12.8 Å². The lowest BCUT2D eigenvalue weighted by atomic mass is 9.87. The zero-order valence-corrected chi connectivity index (χ0v) is 14.5. The molecule has 1 aromatic carbocycles. The molecule has 0 bridgehead atoms. The molecule has 3 nitrogen and oxygen atoms in total. The fourth-order valence-corrected chi connectivity index (χ4v) is 4.03. The number of benzene rings is 1. The van der Waals surface area contributed by atoms with Gasteiger partial charge in [0, 0.05) is 4.88 Å². The maximum Gasteiger partial charge on any atom is 0.281 e. The van der Waals surface area contributed by atoms with Gasteiger partial charge in [-0.1, -0.05) is 43.2 Å². The van der Waals surface area contributed by atoms with E-state index < -0.39 is 0 Å². The van der Waals surface area contributed by atoms with E-state index >= 15 is 0 Å². The third-order valence-corrected chi connectivity index (χ3v) is 5.68. The van der Waals surface area contributed by atoms with Crippen molar-refractivity contribution < 1.29 is 4.79 Å². The minimum absolute atomic E-state index is 0.110. The van der Waals surface area contributed by atoms with Crippen molar-refractivity contribution in [3.63, 3.8) is 0 Å². The van der Waals surface area contributed by atoms with Crippen molar-refractivity contribution in [3.05, 3.63) is 56.8 Å². The van der Waals surface area contributed by atoms with Crippen molar-refractivity contribution >= 4 is 23.5 Å². The monoisotopic (exact) mass is 326 g/mol. The first kappa shape index (κ1) is 15.9. The number of fused-ring (bicyclic) bond motifs is 1. The quantitative estimate of drug-likeness (QED) is 0.659. The number of thiophene rings is 1. The lowest BCUT2D eigenvalue weighted by Crippen LogP contribution is -2.16. The largest absolute Gasteiger partial charge is 0.281 e. The molecule has 1 heterocycles. The molecule has 1 aliphatic carbocycles. The first-order valence-corrected chi connectivity index (χ1v) is 8.99. The minimum Gasteiger partial charge on any atom is -0.266 e. The van der Waals surface area contributed by atoms with Crippen LogP contribution in [0.5, 0.6) is 0 Å². The Hall–Kier alpha value is -1.94. The Bertz CT molecular complexity index is 715. The zero-order chi connectivity index (χ0) is 16.2. The zero-order valence-electron chi connectivity index (χ0n) is 13.6. The van der Waals surface area contributed by atoms with E-state index in [2.05, 4.69) is 23.5 Å². The Morgan fingerprint density at radius 2 is 2.17 bits per heavy atom. The Labute approximate surface area is 141 Å². The predicted molar refractivity (Wildman–Crippen MR) is 96.4 cm³/mol. The number of aryl methyl sites for hydroxylation is 2. The molecule has 0 unspecified atom stereocenters. The van der Waals surface area contributed by atoms with E-state index in [0.717, 1.165) is 29.2 Å². The van der Waals surface area contributed by atoms with Gasteiger partial charge in [0.05, 0.1) is 11.1 Å². The summed E-state index contributed by atoms with van der Waals surface area (Å²) >= 11 is 1.62. The minimum atomic E-state index is -0.110. The highest BCUT2D eigenvalue weighted by Crippen LogP contribution is 2.33. The number of hydrazone groups is 1. The average molecular weight is 326 g/mol. The van der Waals surface area contributed by atoms with Crippen molar-refractivity contribution in [2.45, 2.75) is 39.5 Å². The lowest BCUT2D eigenvalue weighted by Gasteiger charge is -2.19. The molecule has 3 rings (SSSR count). The molecule has 1 aliphatic rings. The number of nitrogens with one attached hydrogen (secondary N) is 1. The van der Waals surface area contributed by atoms with E-state index in [1.54, 1.807) is 17.6 Å². The summed E-state index contributed by atoms with van der Waals surface area (Å²) in [7, 11) is 0. The molecular weight excluding hydrogens is 304 g/mol. The van der Waals surface area contributed by atoms with Gasteiger partial charge in [0.15, 0.2) is 0 Å². The van der Waals surface area contributed by atoms with Gasteiger partial charge in [-0.15, -0.1) is 11.3 Å². The van der Waals surface area contributed by atoms with Crippen LogP contribution in [0.25, 0.3) is 0 Å². The molecule has 120 valence electrons. The summed E-state index contributed by atoms with van der Waals surface area (Å²) in [6.45, 7) is 4.29. The number of rotatable bonds is 4. The second-order valence-electron chi connectivity index (χ2n) is 6.19. The molecule has 0 saturated heterocycles. The van der Waals surface area contributed by atoms with E-state index in [-0.39, 0.29) is 5.91 Å². The smallest absolute Gasteiger partial charge is 0.266 e. The van der Waals surface area contributed by atoms with E-state index in [1.165, 1.54) is 28.8 Å². The summed E-state index contributed by atoms with van der Waals surface area (Å²) in [6.07, 6.45) is 6.37. The first-order valence-electron chi connectivity index (χ1n) is 8.17. The summed E-state index contributed by atoms with van der Waals surface area (Å²) in [5.74, 6) is 0.661. The van der Waals surface area contributed by atoms with Crippen LogP contribution in [-0.4, -0.2) is 12.1 Å². The molecule has 2 aromatic rings. The van der Waals surface area contributed by atoms with Crippen molar-refractivity contribution in [1.29, 1.82) is 0 Å². The summed E-state index contributed by atoms with van der Waals surface area (Å²) < 4.78 is 0. The normalized spacial score (nSPS) is 17.2. The number of hydrogen-bond donors (Lipinski definition) is 1. The fourth-order valence-electron chi connectivity index (χ4n) is 2.93. The van der Waals surface area contributed by atoms with Crippen molar-refractivity contribution in [3.8, 4) is 0 Å². The topological polar surface area (TPSA) is 41.5 Å². The molecule has 4 heteroatoms. The second kappa shape index (κ2) is 7.09. The van der Waals surface area contributed by atoms with Crippen LogP contribution >= 0.6 is 11.3 Å². The molecule has 0 fully saturated rings. The molecular formula is C19H22N2OS. The predicted octanol–water partition coefficient (Wildman–Crippen LogP) is 4.34. The number of amides is 1. The molecule has 0 saturated carbocycles. The third kappa shape index (κ3) is 3.88. The summed E-state index contributed by atoms with van der Waals surface area (Å²) in [6, 6.07) is 10.1. The molecule has 0 spiro atoms. The maximum atomic E-state index is 12.2. The van der Waals surface area contributed by atoms with Gasteiger partial charge in [-0.3, -0.25) is 4.79 Å². The van der Waals surface area contributed by atoms with Crippen LogP contribution in [0.4, 0.5) is 0 Å². The van der Waals surface area contributed by atoms with Gasteiger partial charge in [0.2, 0.25) is 0 Å². The van der Waals surface area contributed by atoms with Crippen molar-refractivity contribution in [1.82, 2.24) is 5.43 Å². The Morgan fingerprint density at radius 3 is 2.91 bits per heavy atom. The van der Waals surface area contributed by atoms with Gasteiger partial charge in [0.1, 0.15) is 0 Å². The van der Waals surface area contributed by atoms with Crippen LogP contribution in [0.1, 0.15) is 51.0 Å². The van der Waals surface area contributed by atoms with Gasteiger partial charge in [-0.25, -0.2) is 5.43 Å². The lowest BCUT2D eigenvalue weighted by molar-refractivity contribution is 0.0959. The summed E-state index contributed by atoms with van der Waals surface area (Å²) in [4.78, 5) is 14.4. The molecule has 1 amide bonds. The summed E-state index contributed by atoms with van der Waals surface area (Å²) in [5.41, 5.74) is 6.19. The van der Waals surface area contributed by atoms with Crippen LogP contribution in [0.15, 0.2) is 35.4 Å². The van der Waals surface area contributed by atoms with Crippen LogP contribution in [0, 0.1) is 12.8 Å². The average Bonchev–Trinajstić information content (AvgIpc) is 2.99. The van der Waals surface area contributed by atoms with E-state index in [9.17, 15) is 4.79 Å². The number of carbonyl (C=O) groups is 1. The number of carbonyl (C=O) groups excluding carboxylic acids is 1. The SMILES string of the molecule is CC[C@@H]1CCc2sc(C(=O)N/N=C\c3ccc(C)cc3)cc2C1. The Kier molecular flexibility index (Phi) is 4.91. The first-order chi connectivity index (χ1) is 11.2. The van der Waals surface area contributed by atoms with Gasteiger partial charge >= 0.3 is 0 Å². The standard InChI is InChI=1S/C19H22N2OS/c1-3-14-8-9-17-16(10-14)11-18(23-17)19(22)21-20-12-15-6-4-13(2)5-7-15/h4-7,11-12,14H,3,8-10H2,1-2H3,(H,21,22)/b20-12-/t14-/m1/s1. The molecule has 0 aliphatic heterocycles. The van der Waals surface area contributed by atoms with Gasteiger partial charge in [0.25, 0.3) is 5.91 Å². The van der Waals surface area contributed by atoms with Gasteiger partial charge in [-0.2, -0.15) is 5.10 Å². The van der Waals surface area contributed by atoms with Gasteiger partial charge < -0.3 is 0 Å². The molecule has 1 N–H and O–H groups in total.